The average Bonchev–Trinajstić information content (AvgIpc) is 2.70. The first-order valence-electron chi connectivity index (χ1n) is 10.5. The van der Waals surface area contributed by atoms with Gasteiger partial charge in [0.15, 0.2) is 0 Å². The highest BCUT2D eigenvalue weighted by Gasteiger charge is 2.28. The van der Waals surface area contributed by atoms with Gasteiger partial charge in [-0.25, -0.2) is 0 Å². The van der Waals surface area contributed by atoms with Crippen LogP contribution in [0, 0.1) is 11.8 Å². The van der Waals surface area contributed by atoms with Crippen molar-refractivity contribution >= 4 is 5.97 Å². The van der Waals surface area contributed by atoms with Crippen LogP contribution in [-0.2, 0) is 21.4 Å². The quantitative estimate of drug-likeness (QED) is 0.375. The molecule has 0 fully saturated rings. The Labute approximate surface area is 174 Å². The van der Waals surface area contributed by atoms with Crippen LogP contribution in [0.3, 0.4) is 0 Å². The van der Waals surface area contributed by atoms with E-state index in [1.54, 1.807) is 0 Å². The summed E-state index contributed by atoms with van der Waals surface area (Å²) in [5, 5.41) is 0. The number of carbonyl (C=O) groups is 1. The van der Waals surface area contributed by atoms with Crippen molar-refractivity contribution in [3.05, 3.63) is 64.7 Å². The van der Waals surface area contributed by atoms with Crippen LogP contribution in [0.2, 0.25) is 0 Å². The molecular weight excluding hydrogens is 360 g/mol. The third-order valence-corrected chi connectivity index (χ3v) is 5.37. The van der Waals surface area contributed by atoms with Crippen LogP contribution in [0.5, 0.6) is 5.75 Å². The van der Waals surface area contributed by atoms with E-state index in [0.29, 0.717) is 13.0 Å². The molecule has 1 heterocycles. The highest BCUT2D eigenvalue weighted by atomic mass is 16.5. The van der Waals surface area contributed by atoms with E-state index in [4.69, 9.17) is 9.47 Å². The third-order valence-electron chi connectivity index (χ3n) is 5.37. The van der Waals surface area contributed by atoms with Gasteiger partial charge in [-0.3, -0.25) is 4.79 Å². The number of hydrogen-bond donors (Lipinski definition) is 0. The van der Waals surface area contributed by atoms with E-state index in [9.17, 15) is 4.79 Å². The zero-order valence-corrected chi connectivity index (χ0v) is 17.7. The minimum atomic E-state index is -0.106. The maximum Gasteiger partial charge on any atom is 0.305 e. The first-order valence-corrected chi connectivity index (χ1v) is 10.5. The normalized spacial score (nSPS) is 14.2. The van der Waals surface area contributed by atoms with Crippen molar-refractivity contribution in [2.75, 3.05) is 13.2 Å². The van der Waals surface area contributed by atoms with E-state index in [0.717, 1.165) is 49.2 Å². The number of aryl methyl sites for hydroxylation is 1. The molecule has 0 aliphatic carbocycles. The summed E-state index contributed by atoms with van der Waals surface area (Å²) < 4.78 is 10.8. The van der Waals surface area contributed by atoms with Gasteiger partial charge in [0.25, 0.3) is 0 Å². The maximum absolute atomic E-state index is 11.4. The van der Waals surface area contributed by atoms with E-state index in [1.165, 1.54) is 11.1 Å². The van der Waals surface area contributed by atoms with Gasteiger partial charge in [0.05, 0.1) is 13.2 Å². The zero-order valence-electron chi connectivity index (χ0n) is 17.7. The van der Waals surface area contributed by atoms with E-state index in [1.807, 2.05) is 25.1 Å². The van der Waals surface area contributed by atoms with Gasteiger partial charge in [-0.05, 0) is 73.9 Å². The lowest BCUT2D eigenvalue weighted by Crippen LogP contribution is -2.26. The minimum absolute atomic E-state index is 0.106. The molecule has 0 saturated carbocycles. The van der Waals surface area contributed by atoms with Gasteiger partial charge >= 0.3 is 5.97 Å². The number of esters is 1. The molecule has 0 aromatic heterocycles. The number of ether oxygens (including phenoxy) is 2. The second-order valence-electron chi connectivity index (χ2n) is 8.16. The number of unbranched alkanes of at least 4 members (excludes halogenated alkanes) is 1. The zero-order chi connectivity index (χ0) is 20.7. The van der Waals surface area contributed by atoms with Gasteiger partial charge in [0.1, 0.15) is 5.75 Å². The summed E-state index contributed by atoms with van der Waals surface area (Å²) in [6, 6.07) is 14.6. The van der Waals surface area contributed by atoms with Crippen LogP contribution in [0.1, 0.15) is 68.7 Å². The molecule has 0 atom stereocenters. The van der Waals surface area contributed by atoms with Crippen LogP contribution in [0.25, 0.3) is 0 Å². The van der Waals surface area contributed by atoms with Gasteiger partial charge < -0.3 is 9.47 Å². The first kappa shape index (κ1) is 21.0. The Bertz CT molecular complexity index is 915. The summed E-state index contributed by atoms with van der Waals surface area (Å²) in [6.45, 7) is 7.59. The second kappa shape index (κ2) is 9.65. The molecule has 0 unspecified atom stereocenters. The van der Waals surface area contributed by atoms with Crippen molar-refractivity contribution in [3.63, 3.8) is 0 Å². The Morgan fingerprint density at radius 2 is 1.90 bits per heavy atom. The summed E-state index contributed by atoms with van der Waals surface area (Å²) in [4.78, 5) is 11.4. The van der Waals surface area contributed by atoms with Gasteiger partial charge in [0.2, 0.25) is 0 Å². The van der Waals surface area contributed by atoms with Crippen LogP contribution in [-0.4, -0.2) is 19.2 Å². The average molecular weight is 391 g/mol. The molecule has 0 amide bonds. The number of benzene rings is 2. The Morgan fingerprint density at radius 3 is 2.69 bits per heavy atom. The molecule has 2 aromatic rings. The monoisotopic (exact) mass is 390 g/mol. The van der Waals surface area contributed by atoms with Crippen molar-refractivity contribution in [1.82, 2.24) is 0 Å². The van der Waals surface area contributed by atoms with Crippen molar-refractivity contribution < 1.29 is 14.3 Å². The Hall–Kier alpha value is -2.73. The molecule has 0 saturated heterocycles. The van der Waals surface area contributed by atoms with Gasteiger partial charge in [-0.1, -0.05) is 37.8 Å². The van der Waals surface area contributed by atoms with Gasteiger partial charge in [-0.15, -0.1) is 0 Å². The van der Waals surface area contributed by atoms with E-state index in [-0.39, 0.29) is 11.4 Å². The topological polar surface area (TPSA) is 35.5 Å². The van der Waals surface area contributed by atoms with Crippen LogP contribution < -0.4 is 4.74 Å². The van der Waals surface area contributed by atoms with Crippen LogP contribution >= 0.6 is 0 Å². The molecule has 2 aromatic carbocycles. The number of rotatable bonds is 6. The molecule has 152 valence electrons. The Morgan fingerprint density at radius 1 is 1.10 bits per heavy atom. The molecule has 0 bridgehead atoms. The van der Waals surface area contributed by atoms with E-state index < -0.39 is 0 Å². The number of fused-ring (bicyclic) bond motifs is 1. The molecule has 1 aliphatic rings. The fourth-order valence-corrected chi connectivity index (χ4v) is 3.59. The molecule has 3 rings (SSSR count). The van der Waals surface area contributed by atoms with Crippen LogP contribution in [0.15, 0.2) is 42.5 Å². The highest BCUT2D eigenvalue weighted by molar-refractivity contribution is 5.69. The van der Waals surface area contributed by atoms with Crippen molar-refractivity contribution in [2.45, 2.75) is 58.3 Å². The minimum Gasteiger partial charge on any atom is -0.493 e. The van der Waals surface area contributed by atoms with E-state index >= 15 is 0 Å². The van der Waals surface area contributed by atoms with Crippen molar-refractivity contribution in [1.29, 1.82) is 0 Å². The summed E-state index contributed by atoms with van der Waals surface area (Å²) in [5.74, 6) is 7.48. The molecule has 1 aliphatic heterocycles. The lowest BCUT2D eigenvalue weighted by atomic mass is 9.79. The lowest BCUT2D eigenvalue weighted by molar-refractivity contribution is -0.143. The van der Waals surface area contributed by atoms with E-state index in [2.05, 4.69) is 50.0 Å². The molecule has 3 heteroatoms. The van der Waals surface area contributed by atoms with Crippen molar-refractivity contribution in [3.8, 4) is 17.6 Å². The summed E-state index contributed by atoms with van der Waals surface area (Å²) in [6.07, 6.45) is 4.28. The molecule has 29 heavy (non-hydrogen) atoms. The third kappa shape index (κ3) is 5.87. The molecular formula is C26H30O3. The fraction of sp³-hybridized carbons (Fsp3) is 0.423. The lowest BCUT2D eigenvalue weighted by Gasteiger charge is -2.32. The number of carbonyl (C=O) groups excluding carboxylic acids is 1. The molecule has 0 spiro atoms. The Balaban J connectivity index is 1.63. The van der Waals surface area contributed by atoms with Gasteiger partial charge in [-0.2, -0.15) is 0 Å². The SMILES string of the molecule is CCOC(=O)CCCCc1cccc(C#Cc2ccc3c(c2)C(C)(C)CCO3)c1. The summed E-state index contributed by atoms with van der Waals surface area (Å²) in [7, 11) is 0. The number of hydrogen-bond acceptors (Lipinski definition) is 3. The van der Waals surface area contributed by atoms with Gasteiger partial charge in [0, 0.05) is 23.1 Å². The second-order valence-corrected chi connectivity index (χ2v) is 8.16. The van der Waals surface area contributed by atoms with Crippen molar-refractivity contribution in [2.24, 2.45) is 0 Å². The summed E-state index contributed by atoms with van der Waals surface area (Å²) in [5.41, 5.74) is 4.64. The largest absolute Gasteiger partial charge is 0.493 e. The standard InChI is InChI=1S/C26H30O3/c1-4-28-25(27)11-6-5-8-20-9-7-10-21(18-20)12-13-22-14-15-24-23(19-22)26(2,3)16-17-29-24/h7,9-10,14-15,18-19H,4-6,8,11,16-17H2,1-3H3. The first-order chi connectivity index (χ1) is 14.0. The predicted molar refractivity (Wildman–Crippen MR) is 116 cm³/mol. The predicted octanol–water partition coefficient (Wildman–Crippen LogP) is 5.42. The van der Waals surface area contributed by atoms with Crippen LogP contribution in [0.4, 0.5) is 0 Å². The molecule has 0 N–H and O–H groups in total. The smallest absolute Gasteiger partial charge is 0.305 e. The molecule has 3 nitrogen and oxygen atoms in total. The molecule has 0 radical (unpaired) electrons. The maximum atomic E-state index is 11.4. The summed E-state index contributed by atoms with van der Waals surface area (Å²) >= 11 is 0. The Kier molecular flexibility index (Phi) is 6.99. The fourth-order valence-electron chi connectivity index (χ4n) is 3.59. The highest BCUT2D eigenvalue weighted by Crippen LogP contribution is 2.38.